The van der Waals surface area contributed by atoms with Crippen LogP contribution in [0.4, 0.5) is 13.2 Å². The minimum atomic E-state index is -4.69. The van der Waals surface area contributed by atoms with E-state index in [1.54, 1.807) is 17.5 Å². The number of aromatic nitrogens is 1. The first kappa shape index (κ1) is 16.2. The van der Waals surface area contributed by atoms with Crippen LogP contribution in [-0.4, -0.2) is 11.0 Å². The molecule has 0 unspecified atom stereocenters. The monoisotopic (exact) mass is 349 g/mol. The molecule has 1 aromatic carbocycles. The molecule has 2 heterocycles. The topological polar surface area (TPSA) is 39.2 Å². The van der Waals surface area contributed by atoms with Crippen molar-refractivity contribution in [3.63, 3.8) is 0 Å². The number of benzene rings is 1. The second kappa shape index (κ2) is 6.45. The number of rotatable bonds is 3. The maximum absolute atomic E-state index is 13.6. The van der Waals surface area contributed by atoms with Gasteiger partial charge < -0.3 is 4.74 Å². The van der Waals surface area contributed by atoms with Crippen molar-refractivity contribution in [2.45, 2.75) is 6.18 Å². The van der Waals surface area contributed by atoms with Gasteiger partial charge in [0.2, 0.25) is 0 Å². The second-order valence-corrected chi connectivity index (χ2v) is 5.73. The van der Waals surface area contributed by atoms with Crippen LogP contribution < -0.4 is 4.74 Å². The molecule has 0 spiro atoms. The van der Waals surface area contributed by atoms with E-state index in [1.807, 2.05) is 0 Å². The normalized spacial score (nSPS) is 11.3. The first-order valence-electron chi connectivity index (χ1n) is 6.83. The lowest BCUT2D eigenvalue weighted by Crippen LogP contribution is -2.18. The Balaban J connectivity index is 2.07. The fourth-order valence-corrected chi connectivity index (χ4v) is 2.99. The molecular weight excluding hydrogens is 339 g/mol. The SMILES string of the molecule is O=C(Oc1cccnc1)c1cccc(-c2cccs2)c1C(F)(F)F. The van der Waals surface area contributed by atoms with Crippen molar-refractivity contribution in [3.8, 4) is 16.2 Å². The molecule has 0 radical (unpaired) electrons. The van der Waals surface area contributed by atoms with Gasteiger partial charge in [-0.1, -0.05) is 18.2 Å². The molecule has 0 aliphatic heterocycles. The van der Waals surface area contributed by atoms with Crippen molar-refractivity contribution in [1.29, 1.82) is 0 Å². The van der Waals surface area contributed by atoms with Gasteiger partial charge >= 0.3 is 12.1 Å². The van der Waals surface area contributed by atoms with Gasteiger partial charge in [-0.3, -0.25) is 4.98 Å². The molecule has 3 aromatic rings. The lowest BCUT2D eigenvalue weighted by atomic mass is 9.99. The van der Waals surface area contributed by atoms with Crippen LogP contribution in [0.15, 0.2) is 60.2 Å². The average Bonchev–Trinajstić information content (AvgIpc) is 3.08. The maximum atomic E-state index is 13.6. The Morgan fingerprint density at radius 2 is 1.92 bits per heavy atom. The number of ether oxygens (including phenoxy) is 1. The number of alkyl halides is 3. The first-order chi connectivity index (χ1) is 11.5. The highest BCUT2D eigenvalue weighted by atomic mass is 32.1. The van der Waals surface area contributed by atoms with Gasteiger partial charge in [-0.05, 0) is 29.6 Å². The smallest absolute Gasteiger partial charge is 0.417 e. The summed E-state index contributed by atoms with van der Waals surface area (Å²) in [6.07, 6.45) is -1.96. The Labute approximate surface area is 139 Å². The van der Waals surface area contributed by atoms with Crippen LogP contribution in [0.2, 0.25) is 0 Å². The van der Waals surface area contributed by atoms with Crippen molar-refractivity contribution < 1.29 is 22.7 Å². The van der Waals surface area contributed by atoms with Gasteiger partial charge in [0.25, 0.3) is 0 Å². The Morgan fingerprint density at radius 1 is 1.08 bits per heavy atom. The van der Waals surface area contributed by atoms with E-state index in [4.69, 9.17) is 4.74 Å². The van der Waals surface area contributed by atoms with Gasteiger partial charge in [0, 0.05) is 16.6 Å². The van der Waals surface area contributed by atoms with E-state index in [1.165, 1.54) is 48.0 Å². The van der Waals surface area contributed by atoms with Crippen LogP contribution >= 0.6 is 11.3 Å². The lowest BCUT2D eigenvalue weighted by Gasteiger charge is -2.16. The van der Waals surface area contributed by atoms with Gasteiger partial charge in [-0.25, -0.2) is 4.79 Å². The molecule has 2 aromatic heterocycles. The van der Waals surface area contributed by atoms with Crippen molar-refractivity contribution in [2.24, 2.45) is 0 Å². The summed E-state index contributed by atoms with van der Waals surface area (Å²) in [5.41, 5.74) is -1.57. The van der Waals surface area contributed by atoms with Gasteiger partial charge in [0.15, 0.2) is 0 Å². The molecule has 0 N–H and O–H groups in total. The zero-order chi connectivity index (χ0) is 17.2. The van der Waals surface area contributed by atoms with Crippen LogP contribution in [0.5, 0.6) is 5.75 Å². The van der Waals surface area contributed by atoms with E-state index in [0.717, 1.165) is 6.07 Å². The number of carbonyl (C=O) groups excluding carboxylic acids is 1. The molecule has 3 nitrogen and oxygen atoms in total. The van der Waals surface area contributed by atoms with Crippen molar-refractivity contribution in [3.05, 3.63) is 71.4 Å². The summed E-state index contributed by atoms with van der Waals surface area (Å²) < 4.78 is 45.8. The quantitative estimate of drug-likeness (QED) is 0.621. The molecule has 0 aliphatic rings. The molecular formula is C17H10F3NO2S. The third kappa shape index (κ3) is 3.30. The Hall–Kier alpha value is -2.67. The third-order valence-corrected chi connectivity index (χ3v) is 4.10. The summed E-state index contributed by atoms with van der Waals surface area (Å²) in [5, 5.41) is 1.68. The predicted molar refractivity (Wildman–Crippen MR) is 84.0 cm³/mol. The standard InChI is InChI=1S/C17H10F3NO2S/c18-17(19,20)15-12(14-7-3-9-24-14)5-1-6-13(15)16(22)23-11-4-2-8-21-10-11/h1-10H. The van der Waals surface area contributed by atoms with Crippen LogP contribution in [0.1, 0.15) is 15.9 Å². The number of esters is 1. The van der Waals surface area contributed by atoms with Crippen LogP contribution in [0, 0.1) is 0 Å². The largest absolute Gasteiger partial charge is 0.421 e. The maximum Gasteiger partial charge on any atom is 0.417 e. The summed E-state index contributed by atoms with van der Waals surface area (Å²) in [6.45, 7) is 0. The first-order valence-corrected chi connectivity index (χ1v) is 7.71. The molecule has 3 rings (SSSR count). The van der Waals surface area contributed by atoms with E-state index in [-0.39, 0.29) is 11.3 Å². The number of hydrogen-bond acceptors (Lipinski definition) is 4. The molecule has 0 saturated carbocycles. The summed E-state index contributed by atoms with van der Waals surface area (Å²) >= 11 is 1.17. The van der Waals surface area contributed by atoms with Gasteiger partial charge in [0.05, 0.1) is 17.3 Å². The number of hydrogen-bond donors (Lipinski definition) is 0. The van der Waals surface area contributed by atoms with E-state index >= 15 is 0 Å². The lowest BCUT2D eigenvalue weighted by molar-refractivity contribution is -0.137. The number of nitrogens with zero attached hydrogens (tertiary/aromatic N) is 1. The van der Waals surface area contributed by atoms with E-state index < -0.39 is 23.3 Å². The molecule has 0 saturated heterocycles. The summed E-state index contributed by atoms with van der Waals surface area (Å²) in [6, 6.07) is 10.1. The molecule has 24 heavy (non-hydrogen) atoms. The number of halogens is 3. The molecule has 0 fully saturated rings. The van der Waals surface area contributed by atoms with Crippen LogP contribution in [0.3, 0.4) is 0 Å². The zero-order valence-corrected chi connectivity index (χ0v) is 12.9. The fraction of sp³-hybridized carbons (Fsp3) is 0.0588. The number of thiophene rings is 1. The average molecular weight is 349 g/mol. The summed E-state index contributed by atoms with van der Waals surface area (Å²) in [4.78, 5) is 16.4. The van der Waals surface area contributed by atoms with Gasteiger partial charge in [-0.15, -0.1) is 11.3 Å². The predicted octanol–water partition coefficient (Wildman–Crippen LogP) is 5.05. The van der Waals surface area contributed by atoms with E-state index in [9.17, 15) is 18.0 Å². The van der Waals surface area contributed by atoms with Gasteiger partial charge in [0.1, 0.15) is 5.75 Å². The summed E-state index contributed by atoms with van der Waals surface area (Å²) in [5.74, 6) is -0.995. The Kier molecular flexibility index (Phi) is 4.35. The minimum Gasteiger partial charge on any atom is -0.421 e. The number of carbonyl (C=O) groups is 1. The second-order valence-electron chi connectivity index (χ2n) is 4.78. The highest BCUT2D eigenvalue weighted by Gasteiger charge is 2.38. The Bertz CT molecular complexity index is 846. The van der Waals surface area contributed by atoms with Crippen LogP contribution in [0.25, 0.3) is 10.4 Å². The number of pyridine rings is 1. The van der Waals surface area contributed by atoms with E-state index in [0.29, 0.717) is 4.88 Å². The Morgan fingerprint density at radius 3 is 2.54 bits per heavy atom. The van der Waals surface area contributed by atoms with Crippen molar-refractivity contribution in [1.82, 2.24) is 4.98 Å². The molecule has 0 amide bonds. The fourth-order valence-electron chi connectivity index (χ4n) is 2.23. The zero-order valence-electron chi connectivity index (χ0n) is 12.1. The van der Waals surface area contributed by atoms with Crippen molar-refractivity contribution >= 4 is 17.3 Å². The van der Waals surface area contributed by atoms with Gasteiger partial charge in [-0.2, -0.15) is 13.2 Å². The molecule has 0 bridgehead atoms. The molecule has 0 aliphatic carbocycles. The summed E-state index contributed by atoms with van der Waals surface area (Å²) in [7, 11) is 0. The molecule has 7 heteroatoms. The highest BCUT2D eigenvalue weighted by Crippen LogP contribution is 2.41. The minimum absolute atomic E-state index is 0.0434. The molecule has 0 atom stereocenters. The van der Waals surface area contributed by atoms with Crippen molar-refractivity contribution in [2.75, 3.05) is 0 Å². The molecule has 122 valence electrons. The van der Waals surface area contributed by atoms with Crippen LogP contribution in [-0.2, 0) is 6.18 Å². The van der Waals surface area contributed by atoms with E-state index in [2.05, 4.69) is 4.98 Å². The highest BCUT2D eigenvalue weighted by molar-refractivity contribution is 7.13. The third-order valence-electron chi connectivity index (χ3n) is 3.20.